The van der Waals surface area contributed by atoms with Gasteiger partial charge in [0.25, 0.3) is 0 Å². The molecular formula is C21H42O4S. The molecule has 0 saturated heterocycles. The molecule has 0 heterocycles. The molecule has 0 aliphatic carbocycles. The second kappa shape index (κ2) is 16.6. The molecule has 0 aromatic carbocycles. The Bertz CT molecular complexity index is 431. The average Bonchev–Trinajstić information content (AvgIpc) is 2.61. The van der Waals surface area contributed by atoms with Crippen LogP contribution in [0.2, 0.25) is 0 Å². The maximum absolute atomic E-state index is 12.0. The molecule has 0 rings (SSSR count). The molecule has 0 spiro atoms. The highest BCUT2D eigenvalue weighted by Gasteiger charge is 2.26. The Balaban J connectivity index is 3.62. The highest BCUT2D eigenvalue weighted by molar-refractivity contribution is 7.87. The van der Waals surface area contributed by atoms with Crippen molar-refractivity contribution in [3.8, 4) is 0 Å². The second-order valence-corrected chi connectivity index (χ2v) is 9.18. The molecular weight excluding hydrogens is 348 g/mol. The minimum absolute atomic E-state index is 0.0917. The molecule has 0 aliphatic rings. The molecule has 0 aromatic rings. The van der Waals surface area contributed by atoms with Gasteiger partial charge in [0.15, 0.2) is 0 Å². The van der Waals surface area contributed by atoms with Crippen molar-refractivity contribution in [2.24, 2.45) is 0 Å². The van der Waals surface area contributed by atoms with Gasteiger partial charge in [-0.3, -0.25) is 4.79 Å². The van der Waals surface area contributed by atoms with Gasteiger partial charge in [-0.25, -0.2) is 0 Å². The fourth-order valence-corrected chi connectivity index (χ4v) is 4.58. The predicted molar refractivity (Wildman–Crippen MR) is 110 cm³/mol. The van der Waals surface area contributed by atoms with Crippen molar-refractivity contribution in [1.29, 1.82) is 0 Å². The molecule has 156 valence electrons. The highest BCUT2D eigenvalue weighted by atomic mass is 32.2. The van der Waals surface area contributed by atoms with Crippen LogP contribution in [-0.4, -0.2) is 19.6 Å². The number of carbonyl (C=O) groups excluding carboxylic acids is 1. The summed E-state index contributed by atoms with van der Waals surface area (Å²) in [6.45, 7) is 5.69. The number of unbranched alkanes of at least 4 members (excludes halogenated alkanes) is 12. The summed E-state index contributed by atoms with van der Waals surface area (Å²) >= 11 is 0. The highest BCUT2D eigenvalue weighted by Crippen LogP contribution is 2.18. The number of rotatable bonds is 18. The summed E-state index contributed by atoms with van der Waals surface area (Å²) in [5.74, 6) is -0.659. The van der Waals surface area contributed by atoms with Gasteiger partial charge in [-0.1, -0.05) is 104 Å². The van der Waals surface area contributed by atoms with E-state index in [0.29, 0.717) is 12.8 Å². The fraction of sp³-hybridized carbons (Fsp3) is 0.952. The number of hydrogen-bond acceptors (Lipinski definition) is 4. The van der Waals surface area contributed by atoms with Gasteiger partial charge in [0, 0.05) is 6.42 Å². The molecule has 0 fully saturated rings. The van der Waals surface area contributed by atoms with E-state index in [9.17, 15) is 13.2 Å². The van der Waals surface area contributed by atoms with Crippen LogP contribution in [0.5, 0.6) is 0 Å². The van der Waals surface area contributed by atoms with Gasteiger partial charge in [0.1, 0.15) is 0 Å². The Morgan fingerprint density at radius 1 is 0.731 bits per heavy atom. The first-order valence-corrected chi connectivity index (χ1v) is 12.4. The topological polar surface area (TPSA) is 60.4 Å². The van der Waals surface area contributed by atoms with Crippen LogP contribution in [0.15, 0.2) is 0 Å². The first-order valence-electron chi connectivity index (χ1n) is 10.9. The van der Waals surface area contributed by atoms with Gasteiger partial charge in [-0.2, -0.15) is 8.42 Å². The van der Waals surface area contributed by atoms with Crippen molar-refractivity contribution in [3.05, 3.63) is 0 Å². The van der Waals surface area contributed by atoms with Crippen LogP contribution in [0.4, 0.5) is 0 Å². The van der Waals surface area contributed by atoms with E-state index in [1.165, 1.54) is 70.6 Å². The smallest absolute Gasteiger partial charge is 0.321 e. The van der Waals surface area contributed by atoms with E-state index in [0.717, 1.165) is 12.8 Å². The summed E-state index contributed by atoms with van der Waals surface area (Å²) in [5, 5.41) is -0.550. The van der Waals surface area contributed by atoms with Gasteiger partial charge in [0.05, 0.1) is 5.25 Å². The van der Waals surface area contributed by atoms with Gasteiger partial charge in [-0.05, 0) is 12.8 Å². The molecule has 1 atom stereocenters. The van der Waals surface area contributed by atoms with Gasteiger partial charge in [0.2, 0.25) is 0 Å². The zero-order valence-corrected chi connectivity index (χ0v) is 18.2. The van der Waals surface area contributed by atoms with Crippen LogP contribution in [-0.2, 0) is 19.1 Å². The van der Waals surface area contributed by atoms with Crippen molar-refractivity contribution in [2.75, 3.05) is 0 Å². The predicted octanol–water partition coefficient (Wildman–Crippen LogP) is 6.53. The second-order valence-electron chi connectivity index (χ2n) is 7.36. The summed E-state index contributed by atoms with van der Waals surface area (Å²) in [6, 6.07) is 0. The lowest BCUT2D eigenvalue weighted by Crippen LogP contribution is -2.25. The third-order valence-corrected chi connectivity index (χ3v) is 6.79. The summed E-state index contributed by atoms with van der Waals surface area (Å²) in [6.07, 6.45) is 17.7. The molecule has 0 saturated carbocycles. The molecule has 0 bridgehead atoms. The monoisotopic (exact) mass is 390 g/mol. The van der Waals surface area contributed by atoms with Crippen LogP contribution in [0.3, 0.4) is 0 Å². The lowest BCUT2D eigenvalue weighted by molar-refractivity contribution is -0.133. The summed E-state index contributed by atoms with van der Waals surface area (Å²) < 4.78 is 28.7. The molecule has 4 nitrogen and oxygen atoms in total. The lowest BCUT2D eigenvalue weighted by atomic mass is 10.0. The zero-order chi connectivity index (χ0) is 19.7. The molecule has 0 aromatic heterocycles. The van der Waals surface area contributed by atoms with Crippen LogP contribution in [0.1, 0.15) is 124 Å². The number of carbonyl (C=O) groups is 1. The minimum Gasteiger partial charge on any atom is -0.346 e. The maximum atomic E-state index is 12.0. The number of hydrogen-bond donors (Lipinski definition) is 0. The molecule has 5 heteroatoms. The first kappa shape index (κ1) is 25.4. The molecule has 0 radical (unpaired) electrons. The molecule has 26 heavy (non-hydrogen) atoms. The maximum Gasteiger partial charge on any atom is 0.321 e. The molecule has 0 N–H and O–H groups in total. The summed E-state index contributed by atoms with van der Waals surface area (Å²) in [4.78, 5) is 11.2. The van der Waals surface area contributed by atoms with E-state index in [1.807, 2.05) is 6.92 Å². The Morgan fingerprint density at radius 2 is 1.15 bits per heavy atom. The Kier molecular flexibility index (Phi) is 16.2. The van der Waals surface area contributed by atoms with E-state index in [-0.39, 0.29) is 6.42 Å². The first-order chi connectivity index (χ1) is 12.5. The van der Waals surface area contributed by atoms with Gasteiger partial charge >= 0.3 is 16.1 Å². The molecule has 0 aliphatic heterocycles. The van der Waals surface area contributed by atoms with Crippen molar-refractivity contribution < 1.29 is 17.4 Å². The van der Waals surface area contributed by atoms with Crippen molar-refractivity contribution in [1.82, 2.24) is 0 Å². The van der Waals surface area contributed by atoms with E-state index < -0.39 is 21.3 Å². The quantitative estimate of drug-likeness (QED) is 0.197. The fourth-order valence-electron chi connectivity index (χ4n) is 3.20. The largest absolute Gasteiger partial charge is 0.346 e. The van der Waals surface area contributed by atoms with Crippen LogP contribution in [0.25, 0.3) is 0 Å². The standard InChI is InChI=1S/C21H42O4S/c1-4-7-8-9-10-11-12-13-14-15-16-17-18-19-20(5-2)26(23,24)25-21(22)6-3/h20H,4-19H2,1-3H3. The zero-order valence-electron chi connectivity index (χ0n) is 17.4. The lowest BCUT2D eigenvalue weighted by Gasteiger charge is -2.15. The average molecular weight is 391 g/mol. The Labute approximate surface area is 162 Å². The molecule has 1 unspecified atom stereocenters. The third kappa shape index (κ3) is 13.6. The van der Waals surface area contributed by atoms with Crippen LogP contribution in [0, 0.1) is 0 Å². The van der Waals surface area contributed by atoms with E-state index in [4.69, 9.17) is 0 Å². The third-order valence-electron chi connectivity index (χ3n) is 4.99. The van der Waals surface area contributed by atoms with E-state index in [1.54, 1.807) is 6.92 Å². The SMILES string of the molecule is CCCCCCCCCCCCCCCC(CC)S(=O)(=O)OC(=O)CC. The minimum atomic E-state index is -3.75. The van der Waals surface area contributed by atoms with Crippen molar-refractivity contribution >= 4 is 16.1 Å². The molecule has 0 amide bonds. The van der Waals surface area contributed by atoms with Crippen molar-refractivity contribution in [3.63, 3.8) is 0 Å². The summed E-state index contributed by atoms with van der Waals surface area (Å²) in [5.41, 5.74) is 0. The van der Waals surface area contributed by atoms with Gasteiger partial charge in [-0.15, -0.1) is 0 Å². The Morgan fingerprint density at radius 3 is 1.54 bits per heavy atom. The van der Waals surface area contributed by atoms with Gasteiger partial charge < -0.3 is 4.18 Å². The summed E-state index contributed by atoms with van der Waals surface area (Å²) in [7, 11) is -3.75. The van der Waals surface area contributed by atoms with Crippen LogP contribution >= 0.6 is 0 Å². The van der Waals surface area contributed by atoms with E-state index >= 15 is 0 Å². The van der Waals surface area contributed by atoms with E-state index in [2.05, 4.69) is 11.1 Å². The normalized spacial score (nSPS) is 12.9. The van der Waals surface area contributed by atoms with Crippen molar-refractivity contribution in [2.45, 2.75) is 129 Å². The Hall–Kier alpha value is -0.580. The van der Waals surface area contributed by atoms with Crippen LogP contribution < -0.4 is 0 Å².